The predicted octanol–water partition coefficient (Wildman–Crippen LogP) is 5.50. The molecule has 2 heterocycles. The fourth-order valence-electron chi connectivity index (χ4n) is 3.55. The van der Waals surface area contributed by atoms with Gasteiger partial charge in [-0.3, -0.25) is 0 Å². The molecule has 6 nitrogen and oxygen atoms in total. The van der Waals surface area contributed by atoms with Crippen molar-refractivity contribution >= 4 is 18.6 Å². The summed E-state index contributed by atoms with van der Waals surface area (Å²) in [7, 11) is -0.559. The molecule has 0 radical (unpaired) electrons. The quantitative estimate of drug-likeness (QED) is 0.350. The van der Waals surface area contributed by atoms with E-state index in [0.29, 0.717) is 11.1 Å². The van der Waals surface area contributed by atoms with Gasteiger partial charge in [0.1, 0.15) is 0 Å². The molecule has 2 aromatic carbocycles. The number of hydrogen-bond donors (Lipinski definition) is 0. The van der Waals surface area contributed by atoms with E-state index in [-0.39, 0.29) is 24.0 Å². The van der Waals surface area contributed by atoms with E-state index in [1.807, 2.05) is 27.7 Å². The molecule has 0 N–H and O–H groups in total. The van der Waals surface area contributed by atoms with Crippen molar-refractivity contribution in [2.24, 2.45) is 0 Å². The summed E-state index contributed by atoms with van der Waals surface area (Å²) in [6.45, 7) is 9.64. The molecule has 1 aromatic heterocycles. The standard InChI is InChI=1S/C25H25BF3NO5/c1-6-32-22(31)19-20(33-21(30-19)16-7-11-17(12-8-16)25(27,28)29)15-9-13-18(14-10-15)26-34-23(2,3)24(4,5)35-26/h7-14H,6H2,1-5H3. The Morgan fingerprint density at radius 3 is 2.00 bits per heavy atom. The van der Waals surface area contributed by atoms with Crippen molar-refractivity contribution < 1.29 is 36.4 Å². The molecule has 4 rings (SSSR count). The van der Waals surface area contributed by atoms with Gasteiger partial charge in [0.05, 0.1) is 23.4 Å². The normalized spacial score (nSPS) is 17.0. The van der Waals surface area contributed by atoms with Gasteiger partial charge < -0.3 is 18.5 Å². The molecule has 35 heavy (non-hydrogen) atoms. The highest BCUT2D eigenvalue weighted by molar-refractivity contribution is 6.62. The van der Waals surface area contributed by atoms with Crippen molar-refractivity contribution in [3.8, 4) is 22.8 Å². The lowest BCUT2D eigenvalue weighted by atomic mass is 9.79. The lowest BCUT2D eigenvalue weighted by molar-refractivity contribution is -0.137. The lowest BCUT2D eigenvalue weighted by Crippen LogP contribution is -2.41. The van der Waals surface area contributed by atoms with Crippen molar-refractivity contribution in [1.29, 1.82) is 0 Å². The molecule has 0 atom stereocenters. The van der Waals surface area contributed by atoms with Gasteiger partial charge in [-0.05, 0) is 64.3 Å². The molecule has 0 saturated carbocycles. The van der Waals surface area contributed by atoms with E-state index < -0.39 is 36.0 Å². The molecule has 3 aromatic rings. The van der Waals surface area contributed by atoms with Crippen molar-refractivity contribution in [1.82, 2.24) is 4.98 Å². The Kier molecular flexibility index (Phi) is 6.31. The van der Waals surface area contributed by atoms with Crippen molar-refractivity contribution in [2.75, 3.05) is 6.61 Å². The summed E-state index contributed by atoms with van der Waals surface area (Å²) in [4.78, 5) is 16.8. The number of alkyl halides is 3. The second-order valence-electron chi connectivity index (χ2n) is 9.20. The Morgan fingerprint density at radius 2 is 1.49 bits per heavy atom. The van der Waals surface area contributed by atoms with E-state index in [0.717, 1.165) is 17.6 Å². The maximum absolute atomic E-state index is 12.9. The number of halogens is 3. The number of carbonyl (C=O) groups excluding carboxylic acids is 1. The summed E-state index contributed by atoms with van der Waals surface area (Å²) in [6, 6.07) is 11.4. The Labute approximate surface area is 201 Å². The highest BCUT2D eigenvalue weighted by Crippen LogP contribution is 2.37. The molecule has 1 fully saturated rings. The highest BCUT2D eigenvalue weighted by Gasteiger charge is 2.51. The fraction of sp³-hybridized carbons (Fsp3) is 0.360. The molecule has 1 aliphatic rings. The summed E-state index contributed by atoms with van der Waals surface area (Å²) in [5.74, 6) is -0.537. The van der Waals surface area contributed by atoms with Crippen molar-refractivity contribution in [3.05, 3.63) is 59.8 Å². The predicted molar refractivity (Wildman–Crippen MR) is 124 cm³/mol. The maximum Gasteiger partial charge on any atom is 0.494 e. The molecular formula is C25H25BF3NO5. The summed E-state index contributed by atoms with van der Waals surface area (Å²) in [6.07, 6.45) is -4.46. The molecule has 1 saturated heterocycles. The van der Waals surface area contributed by atoms with E-state index in [9.17, 15) is 18.0 Å². The number of esters is 1. The minimum atomic E-state index is -4.46. The molecule has 0 bridgehead atoms. The first-order chi connectivity index (χ1) is 16.3. The molecule has 0 spiro atoms. The number of ether oxygens (including phenoxy) is 1. The van der Waals surface area contributed by atoms with E-state index in [1.54, 1.807) is 31.2 Å². The third-order valence-corrected chi connectivity index (χ3v) is 6.25. The number of oxazole rings is 1. The number of rotatable bonds is 5. The molecule has 0 unspecified atom stereocenters. The molecule has 1 aliphatic heterocycles. The smallest absolute Gasteiger partial charge is 0.461 e. The Hall–Kier alpha value is -3.11. The van der Waals surface area contributed by atoms with Gasteiger partial charge in [0, 0.05) is 11.1 Å². The summed E-state index contributed by atoms with van der Waals surface area (Å²) >= 11 is 0. The number of aromatic nitrogens is 1. The van der Waals surface area contributed by atoms with Gasteiger partial charge in [0.2, 0.25) is 5.89 Å². The van der Waals surface area contributed by atoms with E-state index in [1.165, 1.54) is 12.1 Å². The largest absolute Gasteiger partial charge is 0.494 e. The minimum Gasteiger partial charge on any atom is -0.461 e. The zero-order chi connectivity index (χ0) is 25.6. The van der Waals surface area contributed by atoms with Crippen LogP contribution in [-0.4, -0.2) is 35.9 Å². The number of benzene rings is 2. The van der Waals surface area contributed by atoms with E-state index in [2.05, 4.69) is 4.98 Å². The zero-order valence-electron chi connectivity index (χ0n) is 20.0. The van der Waals surface area contributed by atoms with Gasteiger partial charge in [0.25, 0.3) is 0 Å². The Balaban J connectivity index is 1.67. The SMILES string of the molecule is CCOC(=O)c1nc(-c2ccc(C(F)(F)F)cc2)oc1-c1ccc(B2OC(C)(C)C(C)(C)O2)cc1. The van der Waals surface area contributed by atoms with Gasteiger partial charge in [-0.2, -0.15) is 13.2 Å². The average Bonchev–Trinajstić information content (AvgIpc) is 3.32. The molecular weight excluding hydrogens is 462 g/mol. The molecule has 184 valence electrons. The molecule has 10 heteroatoms. The minimum absolute atomic E-state index is 0.00631. The van der Waals surface area contributed by atoms with Crippen LogP contribution in [0.3, 0.4) is 0 Å². The molecule has 0 amide bonds. The highest BCUT2D eigenvalue weighted by atomic mass is 19.4. The number of nitrogens with zero attached hydrogens (tertiary/aromatic N) is 1. The van der Waals surface area contributed by atoms with Crippen LogP contribution in [0.2, 0.25) is 0 Å². The third-order valence-electron chi connectivity index (χ3n) is 6.25. The van der Waals surface area contributed by atoms with Crippen LogP contribution in [0.1, 0.15) is 50.7 Å². The summed E-state index contributed by atoms with van der Waals surface area (Å²) < 4.78 is 61.8. The van der Waals surface area contributed by atoms with Crippen LogP contribution < -0.4 is 5.46 Å². The third kappa shape index (κ3) is 4.85. The first-order valence-corrected chi connectivity index (χ1v) is 11.1. The number of hydrogen-bond acceptors (Lipinski definition) is 6. The first-order valence-electron chi connectivity index (χ1n) is 11.1. The topological polar surface area (TPSA) is 70.8 Å². The van der Waals surface area contributed by atoms with Crippen LogP contribution in [0.25, 0.3) is 22.8 Å². The summed E-state index contributed by atoms with van der Waals surface area (Å²) in [5.41, 5.74) is -0.221. The van der Waals surface area contributed by atoms with Gasteiger partial charge in [-0.1, -0.05) is 24.3 Å². The van der Waals surface area contributed by atoms with Gasteiger partial charge in [-0.25, -0.2) is 9.78 Å². The van der Waals surface area contributed by atoms with Gasteiger partial charge in [0.15, 0.2) is 11.5 Å². The van der Waals surface area contributed by atoms with Crippen molar-refractivity contribution in [2.45, 2.75) is 52.0 Å². The zero-order valence-corrected chi connectivity index (χ0v) is 20.0. The fourth-order valence-corrected chi connectivity index (χ4v) is 3.55. The average molecular weight is 487 g/mol. The maximum atomic E-state index is 12.9. The lowest BCUT2D eigenvalue weighted by Gasteiger charge is -2.32. The van der Waals surface area contributed by atoms with Gasteiger partial charge in [-0.15, -0.1) is 0 Å². The first kappa shape index (κ1) is 25.0. The van der Waals surface area contributed by atoms with E-state index >= 15 is 0 Å². The number of carbonyl (C=O) groups is 1. The van der Waals surface area contributed by atoms with Crippen LogP contribution in [0.4, 0.5) is 13.2 Å². The van der Waals surface area contributed by atoms with Gasteiger partial charge >= 0.3 is 19.3 Å². The van der Waals surface area contributed by atoms with Crippen LogP contribution in [-0.2, 0) is 20.2 Å². The monoisotopic (exact) mass is 487 g/mol. The van der Waals surface area contributed by atoms with Crippen LogP contribution in [0, 0.1) is 0 Å². The van der Waals surface area contributed by atoms with Crippen LogP contribution in [0.5, 0.6) is 0 Å². The van der Waals surface area contributed by atoms with E-state index in [4.69, 9.17) is 18.5 Å². The second kappa shape index (κ2) is 8.84. The van der Waals surface area contributed by atoms with Crippen LogP contribution in [0.15, 0.2) is 52.9 Å². The Morgan fingerprint density at radius 1 is 0.943 bits per heavy atom. The molecule has 0 aliphatic carbocycles. The summed E-state index contributed by atoms with van der Waals surface area (Å²) in [5, 5.41) is 0. The van der Waals surface area contributed by atoms with Crippen molar-refractivity contribution in [3.63, 3.8) is 0 Å². The van der Waals surface area contributed by atoms with Crippen LogP contribution >= 0.6 is 0 Å². The Bertz CT molecular complexity index is 1200. The second-order valence-corrected chi connectivity index (χ2v) is 9.20.